The van der Waals surface area contributed by atoms with Gasteiger partial charge in [0, 0.05) is 0 Å². The van der Waals surface area contributed by atoms with Gasteiger partial charge >= 0.3 is 4.59 Å². The van der Waals surface area contributed by atoms with E-state index in [9.17, 15) is 21.4 Å². The molecule has 0 aliphatic heterocycles. The Morgan fingerprint density at radius 3 is 1.80 bits per heavy atom. The molecule has 0 aromatic rings. The fourth-order valence-corrected chi connectivity index (χ4v) is 0.894. The molecule has 0 saturated carbocycles. The highest BCUT2D eigenvalue weighted by molar-refractivity contribution is 8.03. The van der Waals surface area contributed by atoms with Crippen LogP contribution in [0, 0.1) is 0 Å². The molecule has 0 saturated heterocycles. The lowest BCUT2D eigenvalue weighted by Gasteiger charge is -2.06. The molecule has 0 radical (unpaired) electrons. The standard InChI is InChI=1S/CH3F2NO4S2/c2-1(3,9(5)6)10(4,7)8/h(H,5,6)(H2,4,7,8). The lowest BCUT2D eigenvalue weighted by atomic mass is 11.6. The van der Waals surface area contributed by atoms with E-state index in [4.69, 9.17) is 4.55 Å². The second-order valence-corrected chi connectivity index (χ2v) is 4.13. The number of nitrogens with two attached hydrogens (primary N) is 1. The van der Waals surface area contributed by atoms with E-state index in [0.29, 0.717) is 0 Å². The number of primary sulfonamides is 1. The molecule has 0 aliphatic rings. The first-order valence-corrected chi connectivity index (χ1v) is 4.36. The van der Waals surface area contributed by atoms with Crippen LogP contribution in [0.1, 0.15) is 0 Å². The summed E-state index contributed by atoms with van der Waals surface area (Å²) in [6.07, 6.45) is 0. The van der Waals surface area contributed by atoms with Crippen molar-refractivity contribution >= 4 is 21.1 Å². The predicted molar refractivity (Wildman–Crippen MR) is 28.8 cm³/mol. The van der Waals surface area contributed by atoms with Crippen molar-refractivity contribution < 1.29 is 26.0 Å². The van der Waals surface area contributed by atoms with Gasteiger partial charge in [0.05, 0.1) is 0 Å². The van der Waals surface area contributed by atoms with Crippen molar-refractivity contribution in [3.63, 3.8) is 0 Å². The largest absolute Gasteiger partial charge is 0.458 e. The first-order chi connectivity index (χ1) is 4.19. The van der Waals surface area contributed by atoms with Gasteiger partial charge in [0.15, 0.2) is 0 Å². The number of halogens is 2. The van der Waals surface area contributed by atoms with E-state index in [1.165, 1.54) is 0 Å². The van der Waals surface area contributed by atoms with Crippen molar-refractivity contribution in [2.75, 3.05) is 0 Å². The normalized spacial score (nSPS) is 16.8. The molecule has 10 heavy (non-hydrogen) atoms. The number of sulfonamides is 1. The van der Waals surface area contributed by atoms with Crippen molar-refractivity contribution in [1.29, 1.82) is 0 Å². The molecule has 0 bridgehead atoms. The molecule has 3 N–H and O–H groups in total. The third-order valence-electron chi connectivity index (χ3n) is 0.535. The van der Waals surface area contributed by atoms with E-state index in [1.54, 1.807) is 0 Å². The van der Waals surface area contributed by atoms with Crippen molar-refractivity contribution in [2.45, 2.75) is 4.59 Å². The van der Waals surface area contributed by atoms with E-state index in [-0.39, 0.29) is 0 Å². The highest BCUT2D eigenvalue weighted by atomic mass is 32.3. The van der Waals surface area contributed by atoms with Gasteiger partial charge in [-0.2, -0.15) is 8.78 Å². The summed E-state index contributed by atoms with van der Waals surface area (Å²) in [6.45, 7) is 0. The summed E-state index contributed by atoms with van der Waals surface area (Å²) in [7, 11) is -5.29. The van der Waals surface area contributed by atoms with Crippen LogP contribution in [0.4, 0.5) is 8.78 Å². The summed E-state index contributed by atoms with van der Waals surface area (Å²) < 4.78 is 55.6. The molecule has 1 atom stereocenters. The highest BCUT2D eigenvalue weighted by Gasteiger charge is 2.49. The minimum atomic E-state index is -5.29. The van der Waals surface area contributed by atoms with Crippen molar-refractivity contribution in [3.8, 4) is 0 Å². The molecule has 62 valence electrons. The Labute approximate surface area is 57.5 Å². The molecule has 1 unspecified atom stereocenters. The molecule has 0 aromatic heterocycles. The number of hydrogen-bond acceptors (Lipinski definition) is 3. The lowest BCUT2D eigenvalue weighted by molar-refractivity contribution is 0.177. The van der Waals surface area contributed by atoms with E-state index in [0.717, 1.165) is 0 Å². The Kier molecular flexibility index (Phi) is 2.46. The van der Waals surface area contributed by atoms with Crippen molar-refractivity contribution in [1.82, 2.24) is 0 Å². The monoisotopic (exact) mass is 195 g/mol. The van der Waals surface area contributed by atoms with Gasteiger partial charge in [-0.05, 0) is 0 Å². The zero-order chi connectivity index (χ0) is 8.58. The Hall–Kier alpha value is -0.120. The summed E-state index contributed by atoms with van der Waals surface area (Å²) in [5.41, 5.74) is 0. The van der Waals surface area contributed by atoms with Crippen LogP contribution in [0.15, 0.2) is 0 Å². The van der Waals surface area contributed by atoms with E-state index in [1.807, 2.05) is 0 Å². The number of hydrogen-bond donors (Lipinski definition) is 2. The second-order valence-electron chi connectivity index (χ2n) is 1.26. The molecule has 0 rings (SSSR count). The van der Waals surface area contributed by atoms with Gasteiger partial charge in [-0.25, -0.2) is 17.8 Å². The third kappa shape index (κ3) is 1.68. The van der Waals surface area contributed by atoms with Gasteiger partial charge in [-0.3, -0.25) is 0 Å². The third-order valence-corrected chi connectivity index (χ3v) is 2.73. The van der Waals surface area contributed by atoms with Gasteiger partial charge in [-0.15, -0.1) is 0 Å². The second kappa shape index (κ2) is 2.49. The topological polar surface area (TPSA) is 97.5 Å². The maximum absolute atomic E-state index is 11.8. The zero-order valence-electron chi connectivity index (χ0n) is 4.32. The summed E-state index contributed by atoms with van der Waals surface area (Å²) in [6, 6.07) is 0. The van der Waals surface area contributed by atoms with Crippen LogP contribution in [0.25, 0.3) is 0 Å². The molecular weight excluding hydrogens is 192 g/mol. The Morgan fingerprint density at radius 2 is 1.80 bits per heavy atom. The fraction of sp³-hybridized carbons (Fsp3) is 1.00. The molecule has 0 amide bonds. The number of alkyl halides is 2. The van der Waals surface area contributed by atoms with Crippen LogP contribution in [-0.2, 0) is 21.1 Å². The van der Waals surface area contributed by atoms with Crippen LogP contribution < -0.4 is 5.14 Å². The summed E-state index contributed by atoms with van der Waals surface area (Å²) >= 11 is -3.79. The molecule has 9 heteroatoms. The van der Waals surface area contributed by atoms with Crippen LogP contribution in [0.5, 0.6) is 0 Å². The molecular formula is CH3F2NO4S2. The molecule has 0 spiro atoms. The maximum atomic E-state index is 11.8. The first kappa shape index (κ1) is 9.88. The average molecular weight is 195 g/mol. The quantitative estimate of drug-likeness (QED) is 0.555. The van der Waals surface area contributed by atoms with Crippen LogP contribution in [-0.4, -0.2) is 21.8 Å². The van der Waals surface area contributed by atoms with Gasteiger partial charge in [0.1, 0.15) is 0 Å². The SMILES string of the molecule is NS(=O)(=O)C(F)(F)S(=O)O. The number of rotatable bonds is 2. The van der Waals surface area contributed by atoms with Crippen LogP contribution in [0.2, 0.25) is 0 Å². The predicted octanol–water partition coefficient (Wildman–Crippen LogP) is -0.953. The Balaban J connectivity index is 4.95. The van der Waals surface area contributed by atoms with Crippen molar-refractivity contribution in [3.05, 3.63) is 0 Å². The summed E-state index contributed by atoms with van der Waals surface area (Å²) in [5, 5.41) is 3.88. The van der Waals surface area contributed by atoms with Gasteiger partial charge in [-0.1, -0.05) is 0 Å². The molecule has 0 fully saturated rings. The zero-order valence-corrected chi connectivity index (χ0v) is 5.95. The molecule has 0 aromatic carbocycles. The smallest absolute Gasteiger partial charge is 0.301 e. The first-order valence-electron chi connectivity index (χ1n) is 1.70. The Bertz CT molecular complexity index is 244. The van der Waals surface area contributed by atoms with E-state index in [2.05, 4.69) is 5.14 Å². The Morgan fingerprint density at radius 1 is 1.50 bits per heavy atom. The molecule has 0 heterocycles. The van der Waals surface area contributed by atoms with E-state index < -0.39 is 25.7 Å². The van der Waals surface area contributed by atoms with Gasteiger partial charge in [0.25, 0.3) is 10.0 Å². The van der Waals surface area contributed by atoms with Gasteiger partial charge in [0.2, 0.25) is 11.1 Å². The van der Waals surface area contributed by atoms with Gasteiger partial charge < -0.3 is 4.55 Å². The lowest BCUT2D eigenvalue weighted by Crippen LogP contribution is -2.38. The summed E-state index contributed by atoms with van der Waals surface area (Å²) in [4.78, 5) is 0. The van der Waals surface area contributed by atoms with Crippen LogP contribution in [0.3, 0.4) is 0 Å². The van der Waals surface area contributed by atoms with E-state index >= 15 is 0 Å². The maximum Gasteiger partial charge on any atom is 0.458 e. The molecule has 0 aliphatic carbocycles. The highest BCUT2D eigenvalue weighted by Crippen LogP contribution is 2.21. The minimum Gasteiger partial charge on any atom is -0.301 e. The van der Waals surface area contributed by atoms with Crippen LogP contribution >= 0.6 is 0 Å². The fourth-order valence-electron chi connectivity index (χ4n) is 0.0994. The molecule has 5 nitrogen and oxygen atoms in total. The average Bonchev–Trinajstić information content (AvgIpc) is 1.62. The summed E-state index contributed by atoms with van der Waals surface area (Å²) in [5.74, 6) is 0. The van der Waals surface area contributed by atoms with Crippen molar-refractivity contribution in [2.24, 2.45) is 5.14 Å². The minimum absolute atomic E-state index is 3.79.